The predicted molar refractivity (Wildman–Crippen MR) is 65.1 cm³/mol. The summed E-state index contributed by atoms with van der Waals surface area (Å²) >= 11 is 0. The van der Waals surface area contributed by atoms with Crippen LogP contribution in [-0.2, 0) is 0 Å². The highest BCUT2D eigenvalue weighted by Crippen LogP contribution is 2.13. The van der Waals surface area contributed by atoms with Gasteiger partial charge in [0.15, 0.2) is 0 Å². The summed E-state index contributed by atoms with van der Waals surface area (Å²) in [6.45, 7) is 10.5. The average molecular weight is 211 g/mol. The fourth-order valence-electron chi connectivity index (χ4n) is 0.571. The molecule has 0 aliphatic rings. The molecule has 0 saturated carbocycles. The number of hydrogen-bond donors (Lipinski definition) is 3. The summed E-state index contributed by atoms with van der Waals surface area (Å²) in [6, 6.07) is 0. The Morgan fingerprint density at radius 3 is 1.40 bits per heavy atom. The first kappa shape index (κ1) is 13.5. The largest absolute Gasteiger partial charge is 0.383 e. The van der Waals surface area contributed by atoms with Gasteiger partial charge in [-0.25, -0.2) is 0 Å². The molecule has 1 heterocycles. The summed E-state index contributed by atoms with van der Waals surface area (Å²) in [7, 11) is 0. The maximum Gasteiger partial charge on any atom is 0.223 e. The zero-order valence-corrected chi connectivity index (χ0v) is 10.1. The minimum absolute atomic E-state index is 0.112. The Balaban J connectivity index is 0.000000336. The quantitative estimate of drug-likeness (QED) is 0.604. The van der Waals surface area contributed by atoms with Crippen molar-refractivity contribution in [3.8, 4) is 0 Å². The first-order valence-corrected chi connectivity index (χ1v) is 4.76. The van der Waals surface area contributed by atoms with Crippen molar-refractivity contribution in [1.29, 1.82) is 0 Å². The molecule has 0 aliphatic carbocycles. The van der Waals surface area contributed by atoms with E-state index in [9.17, 15) is 0 Å². The minimum atomic E-state index is 0.112. The van der Waals surface area contributed by atoms with E-state index in [1.54, 1.807) is 6.92 Å². The summed E-state index contributed by atoms with van der Waals surface area (Å²) in [4.78, 5) is 7.40. The summed E-state index contributed by atoms with van der Waals surface area (Å²) in [5.41, 5.74) is 17.2. The van der Waals surface area contributed by atoms with Crippen LogP contribution in [0.5, 0.6) is 0 Å². The van der Waals surface area contributed by atoms with Crippen LogP contribution < -0.4 is 17.2 Å². The van der Waals surface area contributed by atoms with Gasteiger partial charge < -0.3 is 17.2 Å². The van der Waals surface area contributed by atoms with Gasteiger partial charge in [-0.05, 0) is 12.3 Å². The van der Waals surface area contributed by atoms with E-state index in [0.29, 0.717) is 22.6 Å². The molecule has 15 heavy (non-hydrogen) atoms. The molecule has 0 bridgehead atoms. The van der Waals surface area contributed by atoms with Crippen molar-refractivity contribution in [3.63, 3.8) is 0 Å². The van der Waals surface area contributed by atoms with Crippen LogP contribution in [0.15, 0.2) is 0 Å². The van der Waals surface area contributed by atoms with Crippen molar-refractivity contribution in [2.24, 2.45) is 5.41 Å². The van der Waals surface area contributed by atoms with Gasteiger partial charge in [-0.15, -0.1) is 0 Å². The van der Waals surface area contributed by atoms with Gasteiger partial charge in [-0.1, -0.05) is 27.7 Å². The van der Waals surface area contributed by atoms with Crippen LogP contribution in [0.2, 0.25) is 0 Å². The van der Waals surface area contributed by atoms with Crippen LogP contribution in [0.3, 0.4) is 0 Å². The molecule has 6 N–H and O–H groups in total. The molecule has 86 valence electrons. The summed E-state index contributed by atoms with van der Waals surface area (Å²) < 4.78 is 0. The van der Waals surface area contributed by atoms with Crippen molar-refractivity contribution < 1.29 is 0 Å². The molecule has 0 amide bonds. The third kappa shape index (κ3) is 6.54. The second-order valence-electron chi connectivity index (χ2n) is 4.98. The average Bonchev–Trinajstić information content (AvgIpc) is 1.96. The van der Waals surface area contributed by atoms with Crippen LogP contribution in [0, 0.1) is 12.3 Å². The highest BCUT2D eigenvalue weighted by atomic mass is 15.1. The van der Waals surface area contributed by atoms with Crippen LogP contribution in [-0.4, -0.2) is 9.97 Å². The van der Waals surface area contributed by atoms with Gasteiger partial charge in [0.2, 0.25) is 5.95 Å². The van der Waals surface area contributed by atoms with Crippen LogP contribution in [0.4, 0.5) is 17.6 Å². The molecule has 0 radical (unpaired) electrons. The van der Waals surface area contributed by atoms with Gasteiger partial charge in [0, 0.05) is 5.56 Å². The van der Waals surface area contributed by atoms with Crippen LogP contribution in [0.25, 0.3) is 0 Å². The zero-order chi connectivity index (χ0) is 12.2. The number of rotatable bonds is 0. The van der Waals surface area contributed by atoms with E-state index in [1.807, 2.05) is 0 Å². The molecule has 0 unspecified atom stereocenters. The molecule has 0 fully saturated rings. The number of anilines is 3. The fraction of sp³-hybridized carbons (Fsp3) is 0.600. The maximum atomic E-state index is 5.41. The van der Waals surface area contributed by atoms with E-state index < -0.39 is 0 Å². The van der Waals surface area contributed by atoms with Gasteiger partial charge in [-0.2, -0.15) is 9.97 Å². The number of aromatic nitrogens is 2. The Labute approximate surface area is 91.1 Å². The number of nitrogens with zero attached hydrogens (tertiary/aromatic N) is 2. The first-order valence-electron chi connectivity index (χ1n) is 4.76. The van der Waals surface area contributed by atoms with Crippen LogP contribution in [0.1, 0.15) is 33.3 Å². The Hall–Kier alpha value is -1.52. The summed E-state index contributed by atoms with van der Waals surface area (Å²) in [6.07, 6.45) is 0. The van der Waals surface area contributed by atoms with Crippen molar-refractivity contribution in [1.82, 2.24) is 9.97 Å². The van der Waals surface area contributed by atoms with E-state index in [4.69, 9.17) is 17.2 Å². The van der Waals surface area contributed by atoms with Crippen molar-refractivity contribution in [3.05, 3.63) is 5.56 Å². The number of nitrogens with two attached hydrogens (primary N) is 3. The minimum Gasteiger partial charge on any atom is -0.383 e. The van der Waals surface area contributed by atoms with Crippen molar-refractivity contribution in [2.45, 2.75) is 34.6 Å². The lowest BCUT2D eigenvalue weighted by atomic mass is 10.0. The smallest absolute Gasteiger partial charge is 0.223 e. The summed E-state index contributed by atoms with van der Waals surface area (Å²) in [5.74, 6) is 0.788. The third-order valence-corrected chi connectivity index (χ3v) is 1.24. The van der Waals surface area contributed by atoms with Crippen LogP contribution >= 0.6 is 0 Å². The monoisotopic (exact) mass is 211 g/mol. The van der Waals surface area contributed by atoms with E-state index in [1.165, 1.54) is 0 Å². The molecule has 1 aromatic heterocycles. The lowest BCUT2D eigenvalue weighted by Gasteiger charge is -2.05. The van der Waals surface area contributed by atoms with Crippen molar-refractivity contribution in [2.75, 3.05) is 17.2 Å². The maximum absolute atomic E-state index is 5.41. The molecule has 0 atom stereocenters. The molecular weight excluding hydrogens is 190 g/mol. The molecule has 0 aromatic carbocycles. The van der Waals surface area contributed by atoms with Gasteiger partial charge in [-0.3, -0.25) is 0 Å². The lowest BCUT2D eigenvalue weighted by Crippen LogP contribution is -2.05. The first-order chi connectivity index (χ1) is 6.61. The predicted octanol–water partition coefficient (Wildman–Crippen LogP) is 1.58. The molecule has 5 nitrogen and oxygen atoms in total. The molecule has 0 spiro atoms. The second kappa shape index (κ2) is 4.82. The van der Waals surface area contributed by atoms with E-state index in [0.717, 1.165) is 0 Å². The second-order valence-corrected chi connectivity index (χ2v) is 4.98. The van der Waals surface area contributed by atoms with Gasteiger partial charge in [0.05, 0.1) is 0 Å². The number of hydrogen-bond acceptors (Lipinski definition) is 5. The summed E-state index contributed by atoms with van der Waals surface area (Å²) in [5, 5.41) is 0. The Kier molecular flexibility index (Phi) is 4.33. The molecule has 1 aromatic rings. The van der Waals surface area contributed by atoms with E-state index >= 15 is 0 Å². The molecule has 0 aliphatic heterocycles. The van der Waals surface area contributed by atoms with E-state index in [2.05, 4.69) is 37.7 Å². The standard InChI is InChI=1S/C5H9N5.C5H12/c1-2-3(6)9-5(8)10-4(2)7;1-5(2,3)4/h1H3,(H6,6,7,8,9,10);1-4H3. The fourth-order valence-corrected chi connectivity index (χ4v) is 0.571. The highest BCUT2D eigenvalue weighted by Gasteiger charge is 2.01. The SMILES string of the molecule is CC(C)(C)C.Cc1c(N)nc(N)nc1N. The van der Waals surface area contributed by atoms with Crippen molar-refractivity contribution >= 4 is 17.6 Å². The van der Waals surface area contributed by atoms with Gasteiger partial charge in [0.1, 0.15) is 11.6 Å². The van der Waals surface area contributed by atoms with E-state index in [-0.39, 0.29) is 5.95 Å². The Bertz CT molecular complexity index is 298. The number of nitrogen functional groups attached to an aromatic ring is 3. The molecular formula is C10H21N5. The normalized spacial score (nSPS) is 10.5. The third-order valence-electron chi connectivity index (χ3n) is 1.24. The topological polar surface area (TPSA) is 104 Å². The lowest BCUT2D eigenvalue weighted by molar-refractivity contribution is 0.469. The Morgan fingerprint density at radius 1 is 0.867 bits per heavy atom. The highest BCUT2D eigenvalue weighted by molar-refractivity contribution is 5.54. The van der Waals surface area contributed by atoms with Gasteiger partial charge in [0.25, 0.3) is 0 Å². The Morgan fingerprint density at radius 2 is 1.13 bits per heavy atom. The zero-order valence-electron chi connectivity index (χ0n) is 10.1. The molecule has 0 saturated heterocycles. The van der Waals surface area contributed by atoms with Gasteiger partial charge >= 0.3 is 0 Å². The molecule has 5 heteroatoms. The molecule has 1 rings (SSSR count).